The van der Waals surface area contributed by atoms with Gasteiger partial charge in [0.05, 0.1) is 13.3 Å². The zero-order valence-corrected chi connectivity index (χ0v) is 6.04. The molecule has 1 aliphatic heterocycles. The second kappa shape index (κ2) is 2.64. The van der Waals surface area contributed by atoms with Crippen LogP contribution in [0.15, 0.2) is 0 Å². The van der Waals surface area contributed by atoms with Gasteiger partial charge in [-0.15, -0.1) is 0 Å². The van der Waals surface area contributed by atoms with Gasteiger partial charge >= 0.3 is 0 Å². The zero-order chi connectivity index (χ0) is 6.85. The summed E-state index contributed by atoms with van der Waals surface area (Å²) in [6, 6.07) is 0.356. The highest BCUT2D eigenvalue weighted by Gasteiger charge is 2.23. The van der Waals surface area contributed by atoms with Crippen molar-refractivity contribution in [3.63, 3.8) is 0 Å². The van der Waals surface area contributed by atoms with E-state index in [1.54, 1.807) is 0 Å². The average Bonchev–Trinajstić information content (AvgIpc) is 2.10. The maximum absolute atomic E-state index is 8.79. The van der Waals surface area contributed by atoms with Crippen LogP contribution >= 0.6 is 0 Å². The van der Waals surface area contributed by atoms with Crippen LogP contribution in [0.5, 0.6) is 0 Å². The number of hydrogen-bond donors (Lipinski definition) is 1. The van der Waals surface area contributed by atoms with Crippen LogP contribution in [-0.2, 0) is 0 Å². The lowest BCUT2D eigenvalue weighted by Crippen LogP contribution is -2.29. The third kappa shape index (κ3) is 1.41. The van der Waals surface area contributed by atoms with Gasteiger partial charge in [-0.3, -0.25) is 9.80 Å². The number of aliphatic hydroxyl groups is 1. The summed E-state index contributed by atoms with van der Waals surface area (Å²) >= 11 is 0. The summed E-state index contributed by atoms with van der Waals surface area (Å²) in [7, 11) is 4.09. The van der Waals surface area contributed by atoms with Crippen LogP contribution in [0.3, 0.4) is 0 Å². The van der Waals surface area contributed by atoms with Crippen LogP contribution in [0, 0.1) is 0 Å². The summed E-state index contributed by atoms with van der Waals surface area (Å²) in [4.78, 5) is 4.35. The summed E-state index contributed by atoms with van der Waals surface area (Å²) in [5, 5.41) is 8.79. The zero-order valence-electron chi connectivity index (χ0n) is 6.04. The Labute approximate surface area is 55.9 Å². The van der Waals surface area contributed by atoms with Crippen molar-refractivity contribution in [1.82, 2.24) is 9.80 Å². The van der Waals surface area contributed by atoms with Gasteiger partial charge in [0.2, 0.25) is 0 Å². The SMILES string of the molecule is CN1CC(CO)N(C)C1. The molecule has 0 aromatic carbocycles. The Morgan fingerprint density at radius 1 is 1.56 bits per heavy atom. The van der Waals surface area contributed by atoms with Gasteiger partial charge in [-0.05, 0) is 14.1 Å². The van der Waals surface area contributed by atoms with Crippen molar-refractivity contribution in [2.24, 2.45) is 0 Å². The second-order valence-electron chi connectivity index (χ2n) is 2.77. The second-order valence-corrected chi connectivity index (χ2v) is 2.77. The first-order chi connectivity index (χ1) is 4.24. The van der Waals surface area contributed by atoms with E-state index < -0.39 is 0 Å². The number of rotatable bonds is 1. The fraction of sp³-hybridized carbons (Fsp3) is 1.00. The molecule has 1 saturated heterocycles. The summed E-state index contributed by atoms with van der Waals surface area (Å²) in [6.45, 7) is 2.25. The van der Waals surface area contributed by atoms with Crippen LogP contribution < -0.4 is 0 Å². The van der Waals surface area contributed by atoms with Gasteiger partial charge in [-0.25, -0.2) is 0 Å². The molecular formula is C6H14N2O. The molecule has 9 heavy (non-hydrogen) atoms. The number of aliphatic hydroxyl groups excluding tert-OH is 1. The first-order valence-electron chi connectivity index (χ1n) is 3.23. The Bertz CT molecular complexity index is 97.1. The van der Waals surface area contributed by atoms with Crippen molar-refractivity contribution < 1.29 is 5.11 Å². The quantitative estimate of drug-likeness (QED) is 0.502. The first-order valence-corrected chi connectivity index (χ1v) is 3.23. The fourth-order valence-corrected chi connectivity index (χ4v) is 1.25. The van der Waals surface area contributed by atoms with E-state index >= 15 is 0 Å². The van der Waals surface area contributed by atoms with E-state index in [0.29, 0.717) is 6.04 Å². The molecule has 0 aromatic heterocycles. The molecule has 1 atom stereocenters. The van der Waals surface area contributed by atoms with Gasteiger partial charge in [0.15, 0.2) is 0 Å². The van der Waals surface area contributed by atoms with Crippen molar-refractivity contribution >= 4 is 0 Å². The van der Waals surface area contributed by atoms with Crippen LogP contribution in [0.4, 0.5) is 0 Å². The lowest BCUT2D eigenvalue weighted by atomic mass is 10.3. The van der Waals surface area contributed by atoms with Crippen molar-refractivity contribution in [2.45, 2.75) is 6.04 Å². The van der Waals surface area contributed by atoms with Gasteiger partial charge in [0, 0.05) is 12.6 Å². The summed E-state index contributed by atoms with van der Waals surface area (Å²) in [5.74, 6) is 0. The molecule has 0 amide bonds. The number of nitrogens with zero attached hydrogens (tertiary/aromatic N) is 2. The molecule has 1 unspecified atom stereocenters. The molecule has 1 fully saturated rings. The van der Waals surface area contributed by atoms with Crippen molar-refractivity contribution in [3.8, 4) is 0 Å². The summed E-state index contributed by atoms with van der Waals surface area (Å²) in [6.07, 6.45) is 0. The molecule has 3 heteroatoms. The molecule has 1 rings (SSSR count). The van der Waals surface area contributed by atoms with Crippen LogP contribution in [0.1, 0.15) is 0 Å². The Morgan fingerprint density at radius 3 is 2.44 bits per heavy atom. The van der Waals surface area contributed by atoms with E-state index in [1.165, 1.54) is 0 Å². The highest BCUT2D eigenvalue weighted by Crippen LogP contribution is 2.06. The smallest absolute Gasteiger partial charge is 0.0599 e. The molecule has 0 bridgehead atoms. The topological polar surface area (TPSA) is 26.7 Å². The molecule has 0 aromatic rings. The molecule has 0 spiro atoms. The largest absolute Gasteiger partial charge is 0.395 e. The van der Waals surface area contributed by atoms with Gasteiger partial charge in [0.1, 0.15) is 0 Å². The molecular weight excluding hydrogens is 116 g/mol. The molecule has 0 radical (unpaired) electrons. The lowest BCUT2D eigenvalue weighted by Gasteiger charge is -2.13. The van der Waals surface area contributed by atoms with E-state index in [-0.39, 0.29) is 6.61 Å². The minimum Gasteiger partial charge on any atom is -0.395 e. The first kappa shape index (κ1) is 6.99. The molecule has 0 saturated carbocycles. The number of hydrogen-bond acceptors (Lipinski definition) is 3. The molecule has 1 N–H and O–H groups in total. The van der Waals surface area contributed by atoms with E-state index in [9.17, 15) is 0 Å². The predicted molar refractivity (Wildman–Crippen MR) is 36.1 cm³/mol. The Hall–Kier alpha value is -0.120. The summed E-state index contributed by atoms with van der Waals surface area (Å²) < 4.78 is 0. The predicted octanol–water partition coefficient (Wildman–Crippen LogP) is -0.818. The number of likely N-dealkylation sites (N-methyl/N-ethyl adjacent to an activating group) is 2. The van der Waals surface area contributed by atoms with Gasteiger partial charge in [0.25, 0.3) is 0 Å². The van der Waals surface area contributed by atoms with Gasteiger partial charge in [-0.2, -0.15) is 0 Å². The van der Waals surface area contributed by atoms with Crippen molar-refractivity contribution in [3.05, 3.63) is 0 Å². The minimum absolute atomic E-state index is 0.279. The van der Waals surface area contributed by atoms with Crippen LogP contribution in [0.25, 0.3) is 0 Å². The molecule has 54 valence electrons. The lowest BCUT2D eigenvalue weighted by molar-refractivity contribution is 0.187. The van der Waals surface area contributed by atoms with E-state index in [0.717, 1.165) is 13.2 Å². The molecule has 1 heterocycles. The van der Waals surface area contributed by atoms with Gasteiger partial charge < -0.3 is 5.11 Å². The normalized spacial score (nSPS) is 31.7. The van der Waals surface area contributed by atoms with Gasteiger partial charge in [-0.1, -0.05) is 0 Å². The van der Waals surface area contributed by atoms with E-state index in [1.807, 2.05) is 7.05 Å². The Kier molecular flexibility index (Phi) is 2.05. The van der Waals surface area contributed by atoms with E-state index in [4.69, 9.17) is 5.11 Å². The fourth-order valence-electron chi connectivity index (χ4n) is 1.25. The third-order valence-electron chi connectivity index (χ3n) is 1.82. The van der Waals surface area contributed by atoms with Crippen LogP contribution in [0.2, 0.25) is 0 Å². The molecule has 1 aliphatic rings. The highest BCUT2D eigenvalue weighted by molar-refractivity contribution is 4.76. The third-order valence-corrected chi connectivity index (χ3v) is 1.82. The van der Waals surface area contributed by atoms with E-state index in [2.05, 4.69) is 16.8 Å². The molecule has 3 nitrogen and oxygen atoms in total. The minimum atomic E-state index is 0.279. The Morgan fingerprint density at radius 2 is 2.22 bits per heavy atom. The monoisotopic (exact) mass is 130 g/mol. The standard InChI is InChI=1S/C6H14N2O/c1-7-3-6(4-9)8(2)5-7/h6,9H,3-5H2,1-2H3. The van der Waals surface area contributed by atoms with Crippen LogP contribution in [-0.4, -0.2) is 54.9 Å². The highest BCUT2D eigenvalue weighted by atomic mass is 16.3. The maximum Gasteiger partial charge on any atom is 0.0599 e. The maximum atomic E-state index is 8.79. The average molecular weight is 130 g/mol. The van der Waals surface area contributed by atoms with Crippen molar-refractivity contribution in [2.75, 3.05) is 33.9 Å². The Balaban J connectivity index is 2.38. The van der Waals surface area contributed by atoms with Crippen molar-refractivity contribution in [1.29, 1.82) is 0 Å². The molecule has 0 aliphatic carbocycles. The summed E-state index contributed by atoms with van der Waals surface area (Å²) in [5.41, 5.74) is 0.